The van der Waals surface area contributed by atoms with Gasteiger partial charge in [0, 0.05) is 30.3 Å². The van der Waals surface area contributed by atoms with Crippen LogP contribution >= 0.6 is 0 Å². The van der Waals surface area contributed by atoms with Crippen LogP contribution in [-0.2, 0) is 43.5 Å². The first-order valence-electron chi connectivity index (χ1n) is 19.8. The number of alkyl carbamates (subject to hydrolysis) is 1. The van der Waals surface area contributed by atoms with E-state index in [1.54, 1.807) is 58.3 Å². The second-order valence-electron chi connectivity index (χ2n) is 16.8. The number of piperidine rings is 1. The number of nitrogens with zero attached hydrogens (tertiary/aromatic N) is 3. The lowest BCUT2D eigenvalue weighted by molar-refractivity contribution is -0.181. The van der Waals surface area contributed by atoms with E-state index in [-0.39, 0.29) is 44.7 Å². The number of amides is 5. The summed E-state index contributed by atoms with van der Waals surface area (Å²) < 4.78 is 50.2. The van der Waals surface area contributed by atoms with Crippen LogP contribution in [0.25, 0.3) is 10.8 Å². The zero-order valence-corrected chi connectivity index (χ0v) is 34.2. The molecule has 2 bridgehead atoms. The highest BCUT2D eigenvalue weighted by Gasteiger charge is 2.62. The fraction of sp³-hybridized carbons (Fsp3) is 0.575. The van der Waals surface area contributed by atoms with Crippen LogP contribution in [0.5, 0.6) is 11.6 Å². The monoisotopic (exact) mass is 838 g/mol. The van der Waals surface area contributed by atoms with E-state index in [2.05, 4.69) is 26.9 Å². The molecule has 6 fully saturated rings. The quantitative estimate of drug-likeness (QED) is 0.183. The minimum absolute atomic E-state index is 0.0784. The highest BCUT2D eigenvalue weighted by atomic mass is 32.2. The van der Waals surface area contributed by atoms with E-state index in [0.717, 1.165) is 5.39 Å². The van der Waals surface area contributed by atoms with Crippen LogP contribution < -0.4 is 24.8 Å². The second-order valence-corrected chi connectivity index (χ2v) is 18.8. The number of fused-ring (bicyclic) bond motifs is 4. The van der Waals surface area contributed by atoms with Crippen LogP contribution in [0.3, 0.4) is 0 Å². The van der Waals surface area contributed by atoms with Crippen molar-refractivity contribution in [2.24, 2.45) is 5.92 Å². The molecule has 4 aliphatic heterocycles. The smallest absolute Gasteiger partial charge is 0.408 e. The zero-order chi connectivity index (χ0) is 42.4. The van der Waals surface area contributed by atoms with Gasteiger partial charge in [-0.15, -0.1) is 6.58 Å². The fourth-order valence-electron chi connectivity index (χ4n) is 8.02. The average molecular weight is 839 g/mol. The topological polar surface area (TPSA) is 229 Å². The SMILES string of the molecule is C=CC1C[C@]1(NC(=O)[C@@H]1C[C@@H](Oc2nccc3cc(OC)ccc23)CN1C(=O)[C@H](CCC(=O)N1C[C@@H]2CC[C@H]1C(=O)O2)NC(=O)OC(C)(C)C)C(=O)NS(=O)(=O)C1CC1. The Morgan fingerprint density at radius 3 is 2.49 bits per heavy atom. The summed E-state index contributed by atoms with van der Waals surface area (Å²) in [5, 5.41) is 6.04. The summed E-state index contributed by atoms with van der Waals surface area (Å²) in [4.78, 5) is 89.0. The first-order chi connectivity index (χ1) is 27.9. The van der Waals surface area contributed by atoms with E-state index in [1.807, 2.05) is 0 Å². The molecular weight excluding hydrogens is 789 g/mol. The minimum atomic E-state index is -3.96. The Morgan fingerprint density at radius 2 is 1.85 bits per heavy atom. The van der Waals surface area contributed by atoms with Gasteiger partial charge in [-0.3, -0.25) is 23.9 Å². The van der Waals surface area contributed by atoms with Gasteiger partial charge in [-0.25, -0.2) is 23.0 Å². The number of pyridine rings is 1. The molecule has 18 nitrogen and oxygen atoms in total. The molecule has 5 amide bonds. The fourth-order valence-corrected chi connectivity index (χ4v) is 9.38. The van der Waals surface area contributed by atoms with Crippen LogP contribution in [0.4, 0.5) is 4.79 Å². The number of rotatable bonds is 14. The summed E-state index contributed by atoms with van der Waals surface area (Å²) in [5.41, 5.74) is -2.58. The zero-order valence-electron chi connectivity index (χ0n) is 33.4. The number of aromatic nitrogens is 1. The number of methoxy groups -OCH3 is 1. The molecule has 2 aliphatic carbocycles. The lowest BCUT2D eigenvalue weighted by atomic mass is 9.95. The van der Waals surface area contributed by atoms with Crippen molar-refractivity contribution in [2.45, 2.75) is 119 Å². The van der Waals surface area contributed by atoms with Gasteiger partial charge in [0.25, 0.3) is 5.91 Å². The normalized spacial score (nSPS) is 26.6. The van der Waals surface area contributed by atoms with Crippen LogP contribution in [0.2, 0.25) is 0 Å². The Labute approximate surface area is 341 Å². The van der Waals surface area contributed by atoms with Crippen molar-refractivity contribution >= 4 is 56.5 Å². The van der Waals surface area contributed by atoms with Gasteiger partial charge < -0.3 is 39.4 Å². The van der Waals surface area contributed by atoms with E-state index in [9.17, 15) is 37.2 Å². The second kappa shape index (κ2) is 16.0. The van der Waals surface area contributed by atoms with E-state index in [0.29, 0.717) is 36.8 Å². The summed E-state index contributed by atoms with van der Waals surface area (Å²) >= 11 is 0. The number of sulfonamides is 1. The van der Waals surface area contributed by atoms with E-state index >= 15 is 0 Å². The number of carbonyl (C=O) groups excluding carboxylic acids is 6. The van der Waals surface area contributed by atoms with Crippen LogP contribution in [0, 0.1) is 5.92 Å². The van der Waals surface area contributed by atoms with Gasteiger partial charge in [-0.2, -0.15) is 0 Å². The molecule has 1 unspecified atom stereocenters. The molecule has 6 aliphatic rings. The highest BCUT2D eigenvalue weighted by molar-refractivity contribution is 7.91. The predicted molar refractivity (Wildman–Crippen MR) is 209 cm³/mol. The molecule has 59 heavy (non-hydrogen) atoms. The summed E-state index contributed by atoms with van der Waals surface area (Å²) in [6, 6.07) is 3.67. The number of carbonyl (C=O) groups is 6. The average Bonchev–Trinajstić information content (AvgIpc) is 4.12. The maximum atomic E-state index is 14.7. The molecule has 0 spiro atoms. The molecule has 1 aromatic heterocycles. The lowest BCUT2D eigenvalue weighted by Gasteiger charge is -2.43. The number of benzene rings is 1. The summed E-state index contributed by atoms with van der Waals surface area (Å²) in [6.45, 7) is 8.75. The van der Waals surface area contributed by atoms with E-state index in [4.69, 9.17) is 18.9 Å². The molecule has 3 N–H and O–H groups in total. The number of hydrogen-bond donors (Lipinski definition) is 3. The van der Waals surface area contributed by atoms with Crippen molar-refractivity contribution in [3.8, 4) is 11.6 Å². The maximum absolute atomic E-state index is 14.7. The van der Waals surface area contributed by atoms with Crippen molar-refractivity contribution in [1.29, 1.82) is 0 Å². The van der Waals surface area contributed by atoms with Gasteiger partial charge in [-0.1, -0.05) is 6.08 Å². The Balaban J connectivity index is 1.16. The van der Waals surface area contributed by atoms with E-state index < -0.39 is 98.4 Å². The third-order valence-corrected chi connectivity index (χ3v) is 13.2. The lowest BCUT2D eigenvalue weighted by Crippen LogP contribution is -2.59. The Kier molecular flexibility index (Phi) is 11.3. The summed E-state index contributed by atoms with van der Waals surface area (Å²) in [7, 11) is -2.42. The van der Waals surface area contributed by atoms with Gasteiger partial charge in [-0.05, 0) is 88.9 Å². The third kappa shape index (κ3) is 8.94. The van der Waals surface area contributed by atoms with Crippen molar-refractivity contribution in [3.63, 3.8) is 0 Å². The number of morpholine rings is 1. The van der Waals surface area contributed by atoms with Crippen LogP contribution in [-0.4, -0.2) is 126 Å². The number of nitrogens with one attached hydrogen (secondary N) is 3. The first kappa shape index (κ1) is 41.7. The number of likely N-dealkylation sites (tertiary alicyclic amines) is 1. The molecule has 8 rings (SSSR count). The number of esters is 1. The molecule has 7 atom stereocenters. The maximum Gasteiger partial charge on any atom is 0.408 e. The highest BCUT2D eigenvalue weighted by Crippen LogP contribution is 2.45. The molecule has 4 saturated heterocycles. The molecule has 5 heterocycles. The standard InChI is InChI=1S/C40H50N6O12S/c1-6-23-19-40(23,37(51)44-59(53,54)27-9-10-27)43-33(48)31-18-26(56-34-28-11-7-24(55-5)17-22(28)15-16-41-34)21-46(31)35(49)29(42-38(52)58-39(2,3)4)12-14-32(47)45-20-25-8-13-30(45)36(50)57-25/h6-7,11,15-17,23,25-27,29-31H,1,8-10,12-14,18-21H2,2-5H3,(H,42,52)(H,43,48)(H,44,51)/t23?,25-,26+,29-,30-,31-,40+/m0/s1. The number of hydrogen-bond acceptors (Lipinski definition) is 13. The van der Waals surface area contributed by atoms with Crippen LogP contribution in [0.1, 0.15) is 72.1 Å². The predicted octanol–water partition coefficient (Wildman–Crippen LogP) is 1.85. The van der Waals surface area contributed by atoms with Gasteiger partial charge in [0.15, 0.2) is 0 Å². The summed E-state index contributed by atoms with van der Waals surface area (Å²) in [6.07, 6.45) is 2.29. The van der Waals surface area contributed by atoms with Gasteiger partial charge in [0.2, 0.25) is 33.6 Å². The molecule has 2 saturated carbocycles. The number of ether oxygens (including phenoxy) is 4. The molecule has 1 aromatic carbocycles. The Morgan fingerprint density at radius 1 is 1.08 bits per heavy atom. The third-order valence-electron chi connectivity index (χ3n) is 11.4. The molecule has 2 aromatic rings. The molecule has 318 valence electrons. The largest absolute Gasteiger partial charge is 0.497 e. The van der Waals surface area contributed by atoms with Gasteiger partial charge >= 0.3 is 12.1 Å². The van der Waals surface area contributed by atoms with Crippen molar-refractivity contribution in [3.05, 3.63) is 43.1 Å². The van der Waals surface area contributed by atoms with E-state index in [1.165, 1.54) is 15.9 Å². The van der Waals surface area contributed by atoms with Gasteiger partial charge in [0.05, 0.1) is 25.4 Å². The van der Waals surface area contributed by atoms with Crippen molar-refractivity contribution < 1.29 is 56.1 Å². The minimum Gasteiger partial charge on any atom is -0.497 e. The molecule has 19 heteroatoms. The first-order valence-corrected chi connectivity index (χ1v) is 21.4. The van der Waals surface area contributed by atoms with Crippen molar-refractivity contribution in [1.82, 2.24) is 30.1 Å². The van der Waals surface area contributed by atoms with Gasteiger partial charge in [0.1, 0.15) is 47.2 Å². The molecular formula is C40H50N6O12S. The Bertz CT molecular complexity index is 2170. The van der Waals surface area contributed by atoms with Crippen LogP contribution in [0.15, 0.2) is 43.1 Å². The molecule has 0 radical (unpaired) electrons. The van der Waals surface area contributed by atoms with Crippen molar-refractivity contribution in [2.75, 3.05) is 20.2 Å². The summed E-state index contributed by atoms with van der Waals surface area (Å²) in [5.74, 6) is -3.06. The Hall–Kier alpha value is -5.46.